The van der Waals surface area contributed by atoms with E-state index in [4.69, 9.17) is 5.73 Å². The van der Waals surface area contributed by atoms with Gasteiger partial charge >= 0.3 is 6.36 Å². The summed E-state index contributed by atoms with van der Waals surface area (Å²) in [5.74, 6) is -0.584. The lowest BCUT2D eigenvalue weighted by molar-refractivity contribution is -0.274. The third-order valence-corrected chi connectivity index (χ3v) is 5.95. The number of nitrogen functional groups attached to an aromatic ring is 1. The lowest BCUT2D eigenvalue weighted by Crippen LogP contribution is -2.17. The number of carbonyl (C=O) groups is 1. The molecule has 1 aromatic carbocycles. The van der Waals surface area contributed by atoms with Crippen LogP contribution in [0.15, 0.2) is 55.1 Å². The Hall–Kier alpha value is -5.07. The molecular weight excluding hydrogens is 513 g/mol. The molecule has 0 saturated carbocycles. The van der Waals surface area contributed by atoms with Crippen molar-refractivity contribution in [2.24, 2.45) is 0 Å². The summed E-state index contributed by atoms with van der Waals surface area (Å²) in [4.78, 5) is 29.7. The summed E-state index contributed by atoms with van der Waals surface area (Å²) in [5.41, 5.74) is 11.4. The van der Waals surface area contributed by atoms with Crippen molar-refractivity contribution in [2.75, 3.05) is 11.1 Å². The number of nitrogens with one attached hydrogen (secondary N) is 1. The second kappa shape index (κ2) is 9.67. The van der Waals surface area contributed by atoms with Gasteiger partial charge in [-0.2, -0.15) is 5.10 Å². The predicted octanol–water partition coefficient (Wildman–Crippen LogP) is 4.91. The number of fused-ring (bicyclic) bond motifs is 1. The van der Waals surface area contributed by atoms with Crippen LogP contribution in [0.2, 0.25) is 0 Å². The Labute approximate surface area is 219 Å². The van der Waals surface area contributed by atoms with Crippen molar-refractivity contribution in [1.82, 2.24) is 29.5 Å². The molecule has 10 nitrogen and oxygen atoms in total. The first-order valence-corrected chi connectivity index (χ1v) is 11.6. The molecule has 3 N–H and O–H groups in total. The van der Waals surface area contributed by atoms with Gasteiger partial charge in [-0.3, -0.25) is 4.79 Å². The minimum absolute atomic E-state index is 0.164. The van der Waals surface area contributed by atoms with Gasteiger partial charge in [0.2, 0.25) is 5.95 Å². The van der Waals surface area contributed by atoms with Crippen LogP contribution in [0.4, 0.5) is 24.8 Å². The molecule has 0 spiro atoms. The summed E-state index contributed by atoms with van der Waals surface area (Å²) < 4.78 is 42.7. The first kappa shape index (κ1) is 25.6. The van der Waals surface area contributed by atoms with Crippen LogP contribution in [0, 0.1) is 20.8 Å². The molecule has 1 amide bonds. The predicted molar refractivity (Wildman–Crippen MR) is 137 cm³/mol. The number of pyridine rings is 1. The molecule has 0 bridgehead atoms. The molecule has 5 aromatic rings. The number of benzene rings is 1. The van der Waals surface area contributed by atoms with E-state index >= 15 is 0 Å². The molecule has 5 rings (SSSR count). The molecular formula is C26H21F3N8O2. The number of alkyl halides is 3. The zero-order valence-corrected chi connectivity index (χ0v) is 20.9. The number of rotatable bonds is 5. The van der Waals surface area contributed by atoms with Gasteiger partial charge in [0.15, 0.2) is 11.6 Å². The Morgan fingerprint density at radius 3 is 2.33 bits per heavy atom. The fourth-order valence-electron chi connectivity index (χ4n) is 4.21. The number of hydrogen-bond acceptors (Lipinski definition) is 8. The van der Waals surface area contributed by atoms with Gasteiger partial charge in [-0.15, -0.1) is 13.2 Å². The standard InChI is InChI=1S/C26H21F3N8O2/c1-13-4-5-17(23-31-10-18(11-32-23)39-26(27,28)29)8-20(13)36-24(38)19-12-33-37-7-6-16(9-21(19)37)22-14(2)34-25(30)35-15(22)3/h4-12H,1-3H3,(H,36,38)(H2,30,34,35). The van der Waals surface area contributed by atoms with Gasteiger partial charge in [0.05, 0.1) is 41.1 Å². The van der Waals surface area contributed by atoms with Gasteiger partial charge in [-0.25, -0.2) is 24.5 Å². The summed E-state index contributed by atoms with van der Waals surface area (Å²) in [5, 5.41) is 7.17. The number of nitrogens with two attached hydrogens (primary N) is 1. The maximum Gasteiger partial charge on any atom is 0.573 e. The molecule has 0 unspecified atom stereocenters. The Morgan fingerprint density at radius 1 is 0.974 bits per heavy atom. The number of amides is 1. The van der Waals surface area contributed by atoms with Gasteiger partial charge in [0.25, 0.3) is 5.91 Å². The molecule has 0 atom stereocenters. The smallest absolute Gasteiger partial charge is 0.402 e. The number of aromatic nitrogens is 6. The van der Waals surface area contributed by atoms with Gasteiger partial charge in [0, 0.05) is 23.0 Å². The zero-order chi connectivity index (χ0) is 27.9. The maximum absolute atomic E-state index is 13.3. The van der Waals surface area contributed by atoms with Crippen molar-refractivity contribution in [1.29, 1.82) is 0 Å². The van der Waals surface area contributed by atoms with E-state index < -0.39 is 18.0 Å². The monoisotopic (exact) mass is 534 g/mol. The molecule has 0 saturated heterocycles. The van der Waals surface area contributed by atoms with E-state index in [2.05, 4.69) is 35.1 Å². The molecule has 0 aliphatic carbocycles. The average Bonchev–Trinajstić information content (AvgIpc) is 3.28. The normalized spacial score (nSPS) is 11.5. The van der Waals surface area contributed by atoms with Crippen molar-refractivity contribution in [3.8, 4) is 28.3 Å². The van der Waals surface area contributed by atoms with Gasteiger partial charge in [-0.1, -0.05) is 12.1 Å². The summed E-state index contributed by atoms with van der Waals surface area (Å²) in [6, 6.07) is 8.77. The minimum Gasteiger partial charge on any atom is -0.402 e. The molecule has 4 aromatic heterocycles. The SMILES string of the molecule is Cc1ccc(-c2ncc(OC(F)(F)F)cn2)cc1NC(=O)c1cnn2ccc(-c3c(C)nc(N)nc3C)cc12. The van der Waals surface area contributed by atoms with Crippen molar-refractivity contribution >= 4 is 23.1 Å². The molecule has 0 fully saturated rings. The van der Waals surface area contributed by atoms with Crippen LogP contribution in [0.25, 0.3) is 28.0 Å². The van der Waals surface area contributed by atoms with E-state index in [1.165, 1.54) is 6.20 Å². The van der Waals surface area contributed by atoms with Crippen molar-refractivity contribution < 1.29 is 22.7 Å². The Bertz CT molecular complexity index is 1690. The first-order chi connectivity index (χ1) is 18.5. The molecule has 39 heavy (non-hydrogen) atoms. The van der Waals surface area contributed by atoms with Crippen LogP contribution in [0.3, 0.4) is 0 Å². The lowest BCUT2D eigenvalue weighted by Gasteiger charge is -2.12. The summed E-state index contributed by atoms with van der Waals surface area (Å²) in [6.45, 7) is 5.48. The van der Waals surface area contributed by atoms with E-state index in [-0.39, 0.29) is 11.8 Å². The first-order valence-electron chi connectivity index (χ1n) is 11.6. The van der Waals surface area contributed by atoms with Gasteiger partial charge in [-0.05, 0) is 50.1 Å². The quantitative estimate of drug-likeness (QED) is 0.325. The van der Waals surface area contributed by atoms with E-state index in [1.54, 1.807) is 35.8 Å². The molecule has 0 aliphatic heterocycles. The summed E-state index contributed by atoms with van der Waals surface area (Å²) in [6.07, 6.45) is 0.229. The van der Waals surface area contributed by atoms with E-state index in [9.17, 15) is 18.0 Å². The Morgan fingerprint density at radius 2 is 1.67 bits per heavy atom. The van der Waals surface area contributed by atoms with Crippen molar-refractivity contribution in [2.45, 2.75) is 27.1 Å². The van der Waals surface area contributed by atoms with Crippen LogP contribution < -0.4 is 15.8 Å². The maximum atomic E-state index is 13.3. The second-order valence-corrected chi connectivity index (χ2v) is 8.71. The highest BCUT2D eigenvalue weighted by Crippen LogP contribution is 2.29. The van der Waals surface area contributed by atoms with Crippen molar-refractivity contribution in [3.05, 3.63) is 77.6 Å². The lowest BCUT2D eigenvalue weighted by atomic mass is 10.0. The minimum atomic E-state index is -4.84. The molecule has 198 valence electrons. The van der Waals surface area contributed by atoms with E-state index in [0.29, 0.717) is 33.7 Å². The number of halogens is 3. The molecule has 0 aliphatic rings. The molecule has 4 heterocycles. The van der Waals surface area contributed by atoms with Crippen LogP contribution in [-0.4, -0.2) is 41.8 Å². The highest BCUT2D eigenvalue weighted by Gasteiger charge is 2.31. The van der Waals surface area contributed by atoms with Crippen molar-refractivity contribution in [3.63, 3.8) is 0 Å². The average molecular weight is 535 g/mol. The largest absolute Gasteiger partial charge is 0.573 e. The Kier molecular flexibility index (Phi) is 6.34. The topological polar surface area (TPSA) is 133 Å². The second-order valence-electron chi connectivity index (χ2n) is 8.71. The summed E-state index contributed by atoms with van der Waals surface area (Å²) >= 11 is 0. The van der Waals surface area contributed by atoms with Gasteiger partial charge in [0.1, 0.15) is 0 Å². The number of anilines is 2. The highest BCUT2D eigenvalue weighted by atomic mass is 19.4. The third-order valence-electron chi connectivity index (χ3n) is 5.95. The number of nitrogens with zero attached hydrogens (tertiary/aromatic N) is 6. The number of hydrogen-bond donors (Lipinski definition) is 2. The number of carbonyl (C=O) groups excluding carboxylic acids is 1. The fourth-order valence-corrected chi connectivity index (χ4v) is 4.21. The zero-order valence-electron chi connectivity index (χ0n) is 20.9. The van der Waals surface area contributed by atoms with Gasteiger partial charge < -0.3 is 15.8 Å². The molecule has 0 radical (unpaired) electrons. The van der Waals surface area contributed by atoms with Crippen LogP contribution >= 0.6 is 0 Å². The van der Waals surface area contributed by atoms with E-state index in [1.807, 2.05) is 26.0 Å². The van der Waals surface area contributed by atoms with E-state index in [0.717, 1.165) is 29.1 Å². The molecule has 13 heteroatoms. The summed E-state index contributed by atoms with van der Waals surface area (Å²) in [7, 11) is 0. The third kappa shape index (κ3) is 5.32. The fraction of sp³-hybridized carbons (Fsp3) is 0.154. The number of ether oxygens (including phenoxy) is 1. The Balaban J connectivity index is 1.43. The number of aryl methyl sites for hydroxylation is 3. The highest BCUT2D eigenvalue weighted by molar-refractivity contribution is 6.09. The van der Waals surface area contributed by atoms with Crippen LogP contribution in [-0.2, 0) is 0 Å². The van der Waals surface area contributed by atoms with Crippen LogP contribution in [0.1, 0.15) is 27.3 Å². The van der Waals surface area contributed by atoms with Crippen LogP contribution in [0.5, 0.6) is 5.75 Å².